The van der Waals surface area contributed by atoms with E-state index in [2.05, 4.69) is 53.7 Å². The van der Waals surface area contributed by atoms with Crippen LogP contribution in [0.1, 0.15) is 77.8 Å². The topological polar surface area (TPSA) is 29.5 Å². The molecule has 0 saturated heterocycles. The molecular formula is C25H40O2Si. The lowest BCUT2D eigenvalue weighted by Gasteiger charge is -2.46. The highest BCUT2D eigenvalue weighted by atomic mass is 28.3. The molecule has 0 aromatic heterocycles. The molecule has 1 aromatic rings. The number of rotatable bonds is 7. The normalized spacial score (nSPS) is 23.4. The molecule has 1 heterocycles. The minimum atomic E-state index is -1.07. The lowest BCUT2D eigenvalue weighted by Crippen LogP contribution is -2.45. The number of aromatic hydroxyl groups is 1. The van der Waals surface area contributed by atoms with Gasteiger partial charge < -0.3 is 9.84 Å². The van der Waals surface area contributed by atoms with Crippen molar-refractivity contribution >= 4 is 8.07 Å². The zero-order chi connectivity index (χ0) is 20.5. The van der Waals surface area contributed by atoms with E-state index < -0.39 is 8.07 Å². The number of allylic oxidation sites excluding steroid dienone is 2. The third-order valence-electron chi connectivity index (χ3n) is 7.95. The number of phenols is 1. The molecule has 2 nitrogen and oxygen atoms in total. The van der Waals surface area contributed by atoms with E-state index in [0.29, 0.717) is 11.7 Å². The van der Waals surface area contributed by atoms with Crippen molar-refractivity contribution in [3.05, 3.63) is 34.9 Å². The molecule has 0 unspecified atom stereocenters. The van der Waals surface area contributed by atoms with Gasteiger partial charge in [-0.3, -0.25) is 0 Å². The fraction of sp³-hybridized carbons (Fsp3) is 0.680. The smallest absolute Gasteiger partial charge is 0.127 e. The summed E-state index contributed by atoms with van der Waals surface area (Å²) in [6, 6.07) is 9.80. The first-order valence-corrected chi connectivity index (χ1v) is 14.3. The average Bonchev–Trinajstić information content (AvgIpc) is 2.64. The van der Waals surface area contributed by atoms with Crippen molar-refractivity contribution in [1.29, 1.82) is 0 Å². The Balaban J connectivity index is 1.83. The number of hydrogen-bond donors (Lipinski definition) is 1. The Morgan fingerprint density at radius 3 is 2.46 bits per heavy atom. The molecule has 3 rings (SSSR count). The molecule has 0 spiro atoms. The van der Waals surface area contributed by atoms with Crippen molar-refractivity contribution in [3.63, 3.8) is 0 Å². The first-order chi connectivity index (χ1) is 13.2. The number of hydrogen-bond acceptors (Lipinski definition) is 2. The summed E-state index contributed by atoms with van der Waals surface area (Å²) in [5.74, 6) is 2.07. The van der Waals surface area contributed by atoms with Gasteiger partial charge in [-0.15, -0.1) is 0 Å². The molecular weight excluding hydrogens is 360 g/mol. The molecule has 0 bridgehead atoms. The lowest BCUT2D eigenvalue weighted by molar-refractivity contribution is 0.0107. The van der Waals surface area contributed by atoms with Crippen LogP contribution in [0.25, 0.3) is 0 Å². The molecule has 3 heteroatoms. The highest BCUT2D eigenvalue weighted by Gasteiger charge is 2.45. The van der Waals surface area contributed by atoms with E-state index in [4.69, 9.17) is 4.74 Å². The van der Waals surface area contributed by atoms with Gasteiger partial charge in [-0.25, -0.2) is 0 Å². The Bertz CT molecular complexity index is 722. The van der Waals surface area contributed by atoms with Gasteiger partial charge in [0, 0.05) is 17.4 Å². The van der Waals surface area contributed by atoms with Gasteiger partial charge in [0.25, 0.3) is 0 Å². The van der Waals surface area contributed by atoms with Gasteiger partial charge in [0.05, 0.1) is 8.07 Å². The van der Waals surface area contributed by atoms with E-state index in [1.807, 2.05) is 6.07 Å². The van der Waals surface area contributed by atoms with Crippen molar-refractivity contribution in [3.8, 4) is 11.5 Å². The predicted molar refractivity (Wildman–Crippen MR) is 122 cm³/mol. The maximum atomic E-state index is 10.9. The van der Waals surface area contributed by atoms with Crippen molar-refractivity contribution in [2.24, 2.45) is 5.92 Å². The highest BCUT2D eigenvalue weighted by molar-refractivity contribution is 6.79. The molecule has 1 aromatic carbocycles. The minimum Gasteiger partial charge on any atom is -0.507 e. The number of ether oxygens (including phenoxy) is 1. The van der Waals surface area contributed by atoms with Crippen LogP contribution in [0.5, 0.6) is 11.5 Å². The summed E-state index contributed by atoms with van der Waals surface area (Å²) >= 11 is 0. The lowest BCUT2D eigenvalue weighted by atomic mass is 9.68. The maximum absolute atomic E-state index is 10.9. The molecule has 2 aliphatic rings. The fourth-order valence-corrected chi connectivity index (χ4v) is 9.16. The van der Waals surface area contributed by atoms with E-state index in [9.17, 15) is 5.11 Å². The zero-order valence-electron chi connectivity index (χ0n) is 18.9. The number of fused-ring (bicyclic) bond motifs is 3. The molecule has 0 amide bonds. The summed E-state index contributed by atoms with van der Waals surface area (Å²) in [5.41, 5.74) is 3.50. The molecule has 0 saturated carbocycles. The van der Waals surface area contributed by atoms with Crippen LogP contribution in [-0.4, -0.2) is 18.8 Å². The number of phenolic OH excluding ortho intramolecular Hbond substituents is 1. The van der Waals surface area contributed by atoms with Gasteiger partial charge in [-0.2, -0.15) is 0 Å². The van der Waals surface area contributed by atoms with Gasteiger partial charge >= 0.3 is 0 Å². The van der Waals surface area contributed by atoms with E-state index in [0.717, 1.165) is 30.6 Å². The summed E-state index contributed by atoms with van der Waals surface area (Å²) < 4.78 is 6.48. The van der Waals surface area contributed by atoms with Crippen LogP contribution in [0.2, 0.25) is 24.2 Å². The van der Waals surface area contributed by atoms with Crippen LogP contribution in [-0.2, 0) is 6.42 Å². The monoisotopic (exact) mass is 400 g/mol. The Morgan fingerprint density at radius 1 is 1.14 bits per heavy atom. The van der Waals surface area contributed by atoms with Gasteiger partial charge in [0.1, 0.15) is 17.1 Å². The summed E-state index contributed by atoms with van der Waals surface area (Å²) in [6.07, 6.45) is 6.93. The Morgan fingerprint density at radius 2 is 1.82 bits per heavy atom. The second-order valence-electron chi connectivity index (χ2n) is 9.83. The first kappa shape index (κ1) is 21.5. The molecule has 1 aliphatic heterocycles. The van der Waals surface area contributed by atoms with Crippen molar-refractivity contribution in [1.82, 2.24) is 0 Å². The quantitative estimate of drug-likeness (QED) is 0.380. The Hall–Kier alpha value is -1.22. The van der Waals surface area contributed by atoms with E-state index in [1.54, 1.807) is 0 Å². The maximum Gasteiger partial charge on any atom is 0.127 e. The summed E-state index contributed by atoms with van der Waals surface area (Å²) in [7, 11) is -1.07. The number of benzene rings is 1. The highest BCUT2D eigenvalue weighted by Crippen LogP contribution is 2.53. The van der Waals surface area contributed by atoms with Crippen molar-refractivity contribution in [2.75, 3.05) is 0 Å². The van der Waals surface area contributed by atoms with Gasteiger partial charge in [0.2, 0.25) is 0 Å². The molecule has 2 atom stereocenters. The van der Waals surface area contributed by atoms with Crippen LogP contribution in [0, 0.1) is 5.92 Å². The van der Waals surface area contributed by atoms with Crippen LogP contribution >= 0.6 is 0 Å². The second-order valence-corrected chi connectivity index (χ2v) is 15.5. The summed E-state index contributed by atoms with van der Waals surface area (Å²) in [6.45, 7) is 13.8. The molecule has 0 radical (unpaired) electrons. The predicted octanol–water partition coefficient (Wildman–Crippen LogP) is 7.44. The standard InChI is InChI=1S/C25H40O2Si/c1-7-28(8-2,9-3)14-10-11-19-16-22(26)24-20-15-18(4)12-13-21(20)25(5,6)27-23(24)17-19/h15-17,20-21,26H,7-14H2,1-6H3/t20-,21-/m1/s1. The third kappa shape index (κ3) is 4.05. The molecule has 1 N–H and O–H groups in total. The van der Waals surface area contributed by atoms with Crippen molar-refractivity contribution in [2.45, 2.75) is 103 Å². The van der Waals surface area contributed by atoms with Gasteiger partial charge in [-0.05, 0) is 57.7 Å². The fourth-order valence-electron chi connectivity index (χ4n) is 5.67. The van der Waals surface area contributed by atoms with E-state index >= 15 is 0 Å². The van der Waals surface area contributed by atoms with Crippen LogP contribution in [0.4, 0.5) is 0 Å². The number of aryl methyl sites for hydroxylation is 1. The molecule has 1 aliphatic carbocycles. The van der Waals surface area contributed by atoms with Crippen LogP contribution < -0.4 is 4.74 Å². The third-order valence-corrected chi connectivity index (χ3v) is 13.9. The van der Waals surface area contributed by atoms with E-state index in [-0.39, 0.29) is 11.5 Å². The largest absolute Gasteiger partial charge is 0.507 e. The molecule has 0 fully saturated rings. The van der Waals surface area contributed by atoms with Crippen LogP contribution in [0.3, 0.4) is 0 Å². The summed E-state index contributed by atoms with van der Waals surface area (Å²) in [4.78, 5) is 0. The summed E-state index contributed by atoms with van der Waals surface area (Å²) in [5, 5.41) is 10.9. The molecule has 28 heavy (non-hydrogen) atoms. The van der Waals surface area contributed by atoms with Crippen LogP contribution in [0.15, 0.2) is 23.8 Å². The Kier molecular flexibility index (Phi) is 6.34. The van der Waals surface area contributed by atoms with E-state index in [1.165, 1.54) is 41.7 Å². The first-order valence-electron chi connectivity index (χ1n) is 11.5. The van der Waals surface area contributed by atoms with Crippen molar-refractivity contribution < 1.29 is 9.84 Å². The zero-order valence-corrected chi connectivity index (χ0v) is 19.9. The minimum absolute atomic E-state index is 0.186. The average molecular weight is 401 g/mol. The Labute approximate surface area is 173 Å². The second kappa shape index (κ2) is 8.26. The van der Waals surface area contributed by atoms with Gasteiger partial charge in [0.15, 0.2) is 0 Å². The SMILES string of the molecule is CC[Si](CC)(CC)CCCc1cc(O)c2c(c1)OC(C)(C)[C@@H]1CCC(C)=C[C@@H]21. The molecule has 156 valence electrons. The van der Waals surface area contributed by atoms with Gasteiger partial charge in [-0.1, -0.05) is 63.0 Å².